The van der Waals surface area contributed by atoms with Crippen molar-refractivity contribution in [2.45, 2.75) is 90.4 Å². The Morgan fingerprint density at radius 1 is 0.783 bits per heavy atom. The molecule has 0 saturated carbocycles. The molecule has 0 bridgehead atoms. The minimum absolute atomic E-state index is 0.0786. The lowest BCUT2D eigenvalue weighted by Gasteiger charge is -2.02. The highest BCUT2D eigenvalue weighted by Crippen LogP contribution is 2.12. The van der Waals surface area contributed by atoms with Gasteiger partial charge in [0.05, 0.1) is 17.1 Å². The first-order valence-corrected chi connectivity index (χ1v) is 11.2. The largest absolute Gasteiger partial charge is 0.750 e. The first-order valence-electron chi connectivity index (χ1n) is 8.53. The standard InChI is InChI=1S/C15H32O3S.H2O3S/c1-2-3-4-5-6-7-8-9-10-11-12-13-14-15-19(16,17)18;1-4(2)3/h2-15H2,1H3,(H,16,17,18);(H2,1,2,3)/p-1. The molecule has 2 N–H and O–H groups in total. The zero-order chi connectivity index (χ0) is 18.0. The molecule has 0 heterocycles. The highest BCUT2D eigenvalue weighted by Gasteiger charge is 2.02. The van der Waals surface area contributed by atoms with Crippen LogP contribution in [-0.4, -0.2) is 32.0 Å². The van der Waals surface area contributed by atoms with Gasteiger partial charge in [0, 0.05) is 0 Å². The van der Waals surface area contributed by atoms with Crippen LogP contribution in [0, 0.1) is 0 Å². The van der Waals surface area contributed by atoms with E-state index in [0.29, 0.717) is 6.42 Å². The lowest BCUT2D eigenvalue weighted by molar-refractivity contribution is 0.436. The van der Waals surface area contributed by atoms with Crippen molar-refractivity contribution in [3.63, 3.8) is 0 Å². The predicted molar refractivity (Wildman–Crippen MR) is 93.7 cm³/mol. The van der Waals surface area contributed by atoms with Gasteiger partial charge in [-0.2, -0.15) is 8.42 Å². The molecule has 142 valence electrons. The number of hydrogen-bond acceptors (Lipinski definition) is 4. The maximum Gasteiger partial charge on any atom is 0.264 e. The van der Waals surface area contributed by atoms with E-state index < -0.39 is 21.5 Å². The maximum atomic E-state index is 10.5. The summed E-state index contributed by atoms with van der Waals surface area (Å²) in [6.07, 6.45) is 15.9. The minimum Gasteiger partial charge on any atom is -0.750 e. The molecule has 8 heteroatoms. The van der Waals surface area contributed by atoms with Crippen molar-refractivity contribution in [2.24, 2.45) is 0 Å². The number of unbranched alkanes of at least 4 members (excludes halogenated alkanes) is 12. The summed E-state index contributed by atoms with van der Waals surface area (Å²) in [6.45, 7) is 2.25. The Kier molecular flexibility index (Phi) is 20.1. The summed E-state index contributed by atoms with van der Waals surface area (Å²) >= 11 is -2.86. The van der Waals surface area contributed by atoms with Crippen LogP contribution in [0.15, 0.2) is 0 Å². The van der Waals surface area contributed by atoms with E-state index >= 15 is 0 Å². The molecule has 0 fully saturated rings. The molecule has 0 rings (SSSR count). The van der Waals surface area contributed by atoms with Gasteiger partial charge in [-0.3, -0.25) is 4.55 Å². The summed E-state index contributed by atoms with van der Waals surface area (Å²) < 4.78 is 53.6. The quantitative estimate of drug-likeness (QED) is 0.266. The van der Waals surface area contributed by atoms with Crippen LogP contribution in [0.1, 0.15) is 90.4 Å². The SMILES string of the molecule is CCCCCCCCCCCCCCCS(=O)(=O)O.O=S([O-])O. The van der Waals surface area contributed by atoms with Crippen LogP contribution in [-0.2, 0) is 21.5 Å². The zero-order valence-corrected chi connectivity index (χ0v) is 15.9. The Bertz CT molecular complexity index is 353. The van der Waals surface area contributed by atoms with Gasteiger partial charge in [-0.25, -0.2) is 4.21 Å². The summed E-state index contributed by atoms with van der Waals surface area (Å²) in [5, 5.41) is 0. The van der Waals surface area contributed by atoms with Crippen molar-refractivity contribution < 1.29 is 26.3 Å². The topological polar surface area (TPSA) is 115 Å². The third kappa shape index (κ3) is 34.4. The van der Waals surface area contributed by atoms with E-state index in [1.807, 2.05) is 0 Å². The van der Waals surface area contributed by atoms with Crippen molar-refractivity contribution in [3.05, 3.63) is 0 Å². The second-order valence-electron chi connectivity index (χ2n) is 5.75. The highest BCUT2D eigenvalue weighted by molar-refractivity contribution is 7.85. The van der Waals surface area contributed by atoms with E-state index in [-0.39, 0.29) is 5.75 Å². The van der Waals surface area contributed by atoms with Crippen molar-refractivity contribution >= 4 is 21.5 Å². The van der Waals surface area contributed by atoms with E-state index in [1.165, 1.54) is 64.2 Å². The van der Waals surface area contributed by atoms with E-state index in [2.05, 4.69) is 6.92 Å². The lowest BCUT2D eigenvalue weighted by Crippen LogP contribution is -2.03. The molecule has 0 aliphatic heterocycles. The van der Waals surface area contributed by atoms with Gasteiger partial charge in [0.2, 0.25) is 0 Å². The van der Waals surface area contributed by atoms with Crippen molar-refractivity contribution in [1.29, 1.82) is 0 Å². The second-order valence-corrected chi connectivity index (χ2v) is 7.75. The van der Waals surface area contributed by atoms with Crippen LogP contribution < -0.4 is 0 Å². The summed E-state index contributed by atoms with van der Waals surface area (Å²) in [5.41, 5.74) is 0. The van der Waals surface area contributed by atoms with Gasteiger partial charge in [-0.05, 0) is 6.42 Å². The molecule has 0 aromatic rings. The fraction of sp³-hybridized carbons (Fsp3) is 1.00. The molecular weight excluding hydrogens is 340 g/mol. The smallest absolute Gasteiger partial charge is 0.264 e. The molecule has 1 atom stereocenters. The average Bonchev–Trinajstić information content (AvgIpc) is 2.42. The Hall–Kier alpha value is -0.0200. The first-order chi connectivity index (χ1) is 10.8. The predicted octanol–water partition coefficient (Wildman–Crippen LogP) is 4.30. The van der Waals surface area contributed by atoms with Gasteiger partial charge in [-0.1, -0.05) is 84.0 Å². The second kappa shape index (κ2) is 18.3. The molecule has 0 aromatic carbocycles. The Morgan fingerprint density at radius 2 is 1.04 bits per heavy atom. The Morgan fingerprint density at radius 3 is 1.30 bits per heavy atom. The maximum absolute atomic E-state index is 10.5. The van der Waals surface area contributed by atoms with Gasteiger partial charge in [0.1, 0.15) is 0 Å². The molecule has 23 heavy (non-hydrogen) atoms. The molecule has 0 spiro atoms. The van der Waals surface area contributed by atoms with Crippen LogP contribution in [0.2, 0.25) is 0 Å². The molecular formula is C15H33O6S2-. The van der Waals surface area contributed by atoms with Crippen LogP contribution in [0.5, 0.6) is 0 Å². The zero-order valence-electron chi connectivity index (χ0n) is 14.2. The van der Waals surface area contributed by atoms with Crippen molar-refractivity contribution in [1.82, 2.24) is 0 Å². The van der Waals surface area contributed by atoms with Gasteiger partial charge < -0.3 is 9.11 Å². The highest BCUT2D eigenvalue weighted by atomic mass is 32.2. The summed E-state index contributed by atoms with van der Waals surface area (Å²) in [5.74, 6) is -0.0786. The molecule has 0 aromatic heterocycles. The molecule has 0 radical (unpaired) electrons. The average molecular weight is 374 g/mol. The van der Waals surface area contributed by atoms with E-state index in [9.17, 15) is 8.42 Å². The van der Waals surface area contributed by atoms with E-state index in [0.717, 1.165) is 12.8 Å². The molecule has 0 aliphatic carbocycles. The van der Waals surface area contributed by atoms with Crippen LogP contribution in [0.3, 0.4) is 0 Å². The number of hydrogen-bond donors (Lipinski definition) is 2. The monoisotopic (exact) mass is 373 g/mol. The van der Waals surface area contributed by atoms with Crippen molar-refractivity contribution in [3.8, 4) is 0 Å². The Labute approximate surface area is 144 Å². The lowest BCUT2D eigenvalue weighted by atomic mass is 10.1. The molecule has 0 saturated heterocycles. The van der Waals surface area contributed by atoms with Crippen molar-refractivity contribution in [2.75, 3.05) is 5.75 Å². The van der Waals surface area contributed by atoms with Gasteiger partial charge in [0.15, 0.2) is 0 Å². The third-order valence-electron chi connectivity index (χ3n) is 3.51. The van der Waals surface area contributed by atoms with E-state index in [4.69, 9.17) is 17.9 Å². The summed E-state index contributed by atoms with van der Waals surface area (Å²) in [7, 11) is -3.74. The van der Waals surface area contributed by atoms with Gasteiger partial charge in [-0.15, -0.1) is 0 Å². The molecule has 0 aliphatic rings. The Balaban J connectivity index is 0. The molecule has 0 amide bonds. The normalized spacial score (nSPS) is 12.5. The summed E-state index contributed by atoms with van der Waals surface area (Å²) in [4.78, 5) is 0. The van der Waals surface area contributed by atoms with Gasteiger partial charge in [0.25, 0.3) is 10.1 Å². The van der Waals surface area contributed by atoms with E-state index in [1.54, 1.807) is 0 Å². The van der Waals surface area contributed by atoms with Crippen LogP contribution in [0.25, 0.3) is 0 Å². The minimum atomic E-state index is -3.74. The van der Waals surface area contributed by atoms with Gasteiger partial charge >= 0.3 is 0 Å². The third-order valence-corrected chi connectivity index (χ3v) is 4.31. The number of rotatable bonds is 14. The fourth-order valence-electron chi connectivity index (χ4n) is 2.30. The first kappa shape index (κ1) is 25.2. The van der Waals surface area contributed by atoms with Crippen LogP contribution in [0.4, 0.5) is 0 Å². The fourth-order valence-corrected chi connectivity index (χ4v) is 2.87. The summed E-state index contributed by atoms with van der Waals surface area (Å²) in [6, 6.07) is 0. The van der Waals surface area contributed by atoms with Crippen LogP contribution >= 0.6 is 0 Å². The molecule has 1 unspecified atom stereocenters. The molecule has 6 nitrogen and oxygen atoms in total.